The molecule has 0 radical (unpaired) electrons. The van der Waals surface area contributed by atoms with Gasteiger partial charge in [-0.25, -0.2) is 0 Å². The summed E-state index contributed by atoms with van der Waals surface area (Å²) in [5.74, 6) is -0.205. The molecule has 1 atom stereocenters. The maximum atomic E-state index is 12.6. The van der Waals surface area contributed by atoms with Crippen LogP contribution in [0.25, 0.3) is 21.5 Å². The molecule has 0 saturated carbocycles. The number of piperazine rings is 1. The maximum Gasteiger partial charge on any atom is 0.573 e. The first-order chi connectivity index (χ1) is 15.5. The smallest absolute Gasteiger partial charge is 0.406 e. The van der Waals surface area contributed by atoms with Crippen molar-refractivity contribution >= 4 is 46.4 Å². The standard InChI is InChI=1S/C26H23F3N2O.2ClH/c27-26(28,29)32-20-11-9-18(10-12-20)25(31-15-13-30-14-16-31)24-17-19-5-1-2-6-21(19)22-7-3-4-8-23(22)24;;/h1-12,17,25,30H,13-16H2;2*1H/t25-;;/m1../s1. The first-order valence-electron chi connectivity index (χ1n) is 10.7. The molecule has 0 bridgehead atoms. The van der Waals surface area contributed by atoms with Crippen molar-refractivity contribution in [2.24, 2.45) is 0 Å². The molecule has 8 heteroatoms. The molecular weight excluding hydrogens is 484 g/mol. The molecule has 4 aromatic carbocycles. The molecule has 1 saturated heterocycles. The Morgan fingerprint density at radius 1 is 0.765 bits per heavy atom. The van der Waals surface area contributed by atoms with Crippen LogP contribution in [0.5, 0.6) is 5.75 Å². The van der Waals surface area contributed by atoms with Crippen molar-refractivity contribution in [3.63, 3.8) is 0 Å². The summed E-state index contributed by atoms with van der Waals surface area (Å²) >= 11 is 0. The van der Waals surface area contributed by atoms with E-state index in [1.54, 1.807) is 12.1 Å². The summed E-state index contributed by atoms with van der Waals surface area (Å²) in [5.41, 5.74) is 2.10. The summed E-state index contributed by atoms with van der Waals surface area (Å²) in [7, 11) is 0. The zero-order valence-electron chi connectivity index (χ0n) is 18.2. The lowest BCUT2D eigenvalue weighted by atomic mass is 9.89. The normalized spacial score (nSPS) is 15.4. The lowest BCUT2D eigenvalue weighted by Crippen LogP contribution is -2.45. The van der Waals surface area contributed by atoms with Gasteiger partial charge in [-0.15, -0.1) is 38.0 Å². The van der Waals surface area contributed by atoms with Crippen molar-refractivity contribution in [2.75, 3.05) is 26.2 Å². The van der Waals surface area contributed by atoms with E-state index in [2.05, 4.69) is 45.3 Å². The van der Waals surface area contributed by atoms with E-state index in [1.807, 2.05) is 24.3 Å². The second-order valence-corrected chi connectivity index (χ2v) is 8.04. The lowest BCUT2D eigenvalue weighted by molar-refractivity contribution is -0.274. The zero-order chi connectivity index (χ0) is 22.1. The van der Waals surface area contributed by atoms with Gasteiger partial charge in [-0.2, -0.15) is 0 Å². The molecule has 1 heterocycles. The van der Waals surface area contributed by atoms with Crippen LogP contribution in [0.2, 0.25) is 0 Å². The molecule has 0 spiro atoms. The van der Waals surface area contributed by atoms with Gasteiger partial charge in [0.1, 0.15) is 5.75 Å². The summed E-state index contributed by atoms with van der Waals surface area (Å²) in [6.45, 7) is 3.45. The molecule has 0 aromatic heterocycles. The van der Waals surface area contributed by atoms with Crippen LogP contribution in [-0.2, 0) is 0 Å². The minimum Gasteiger partial charge on any atom is -0.406 e. The van der Waals surface area contributed by atoms with Crippen molar-refractivity contribution in [1.29, 1.82) is 0 Å². The van der Waals surface area contributed by atoms with Crippen LogP contribution in [-0.4, -0.2) is 37.4 Å². The number of nitrogens with zero attached hydrogens (tertiary/aromatic N) is 1. The highest BCUT2D eigenvalue weighted by Gasteiger charge is 2.31. The summed E-state index contributed by atoms with van der Waals surface area (Å²) in [6.07, 6.45) is -4.70. The molecule has 34 heavy (non-hydrogen) atoms. The van der Waals surface area contributed by atoms with E-state index < -0.39 is 6.36 Å². The van der Waals surface area contributed by atoms with Crippen LogP contribution < -0.4 is 10.1 Å². The molecule has 180 valence electrons. The van der Waals surface area contributed by atoms with Gasteiger partial charge in [0, 0.05) is 26.2 Å². The van der Waals surface area contributed by atoms with E-state index in [-0.39, 0.29) is 36.6 Å². The Morgan fingerprint density at radius 3 is 2.00 bits per heavy atom. The third-order valence-electron chi connectivity index (χ3n) is 6.04. The summed E-state index contributed by atoms with van der Waals surface area (Å²) in [6, 6.07) is 25.1. The highest BCUT2D eigenvalue weighted by molar-refractivity contribution is 6.09. The van der Waals surface area contributed by atoms with Crippen LogP contribution in [0.4, 0.5) is 13.2 Å². The van der Waals surface area contributed by atoms with E-state index >= 15 is 0 Å². The molecular formula is C26H25Cl2F3N2O. The lowest BCUT2D eigenvalue weighted by Gasteiger charge is -2.36. The van der Waals surface area contributed by atoms with Crippen molar-refractivity contribution in [1.82, 2.24) is 10.2 Å². The molecule has 3 nitrogen and oxygen atoms in total. The van der Waals surface area contributed by atoms with Gasteiger partial charge in [-0.3, -0.25) is 4.90 Å². The van der Waals surface area contributed by atoms with Gasteiger partial charge in [0.2, 0.25) is 0 Å². The summed E-state index contributed by atoms with van der Waals surface area (Å²) in [5, 5.41) is 8.07. The quantitative estimate of drug-likeness (QED) is 0.309. The number of hydrogen-bond acceptors (Lipinski definition) is 3. The minimum atomic E-state index is -4.70. The molecule has 1 fully saturated rings. The Kier molecular flexibility index (Phi) is 8.31. The van der Waals surface area contributed by atoms with Gasteiger partial charge in [0.15, 0.2) is 0 Å². The second kappa shape index (κ2) is 10.8. The number of nitrogens with one attached hydrogen (secondary N) is 1. The maximum absolute atomic E-state index is 12.6. The fraction of sp³-hybridized carbons (Fsp3) is 0.231. The number of hydrogen-bond donors (Lipinski definition) is 1. The van der Waals surface area contributed by atoms with E-state index in [4.69, 9.17) is 0 Å². The van der Waals surface area contributed by atoms with E-state index in [0.29, 0.717) is 0 Å². The molecule has 1 aliphatic heterocycles. The number of alkyl halides is 3. The first kappa shape index (κ1) is 26.1. The third-order valence-corrected chi connectivity index (χ3v) is 6.04. The predicted molar refractivity (Wildman–Crippen MR) is 135 cm³/mol. The van der Waals surface area contributed by atoms with Gasteiger partial charge in [-0.05, 0) is 50.9 Å². The van der Waals surface area contributed by atoms with Crippen molar-refractivity contribution in [2.45, 2.75) is 12.4 Å². The Morgan fingerprint density at radius 2 is 1.35 bits per heavy atom. The van der Waals surface area contributed by atoms with Crippen molar-refractivity contribution in [3.05, 3.63) is 90.0 Å². The largest absolute Gasteiger partial charge is 0.573 e. The second-order valence-electron chi connectivity index (χ2n) is 8.04. The Bertz CT molecular complexity index is 1240. The molecule has 0 aliphatic carbocycles. The van der Waals surface area contributed by atoms with Crippen LogP contribution in [0, 0.1) is 0 Å². The van der Waals surface area contributed by atoms with Gasteiger partial charge in [-0.1, -0.05) is 60.7 Å². The number of rotatable bonds is 4. The number of halogens is 5. The number of benzene rings is 4. The monoisotopic (exact) mass is 508 g/mol. The fourth-order valence-corrected chi connectivity index (χ4v) is 4.69. The molecule has 0 unspecified atom stereocenters. The SMILES string of the molecule is Cl.Cl.FC(F)(F)Oc1ccc([C@H](c2cc3ccccc3c3ccccc23)N2CCNCC2)cc1. The molecule has 1 N–H and O–H groups in total. The molecule has 5 rings (SSSR count). The highest BCUT2D eigenvalue weighted by atomic mass is 35.5. The van der Waals surface area contributed by atoms with E-state index in [9.17, 15) is 13.2 Å². The van der Waals surface area contributed by atoms with Gasteiger partial charge < -0.3 is 10.1 Å². The van der Waals surface area contributed by atoms with Crippen molar-refractivity contribution < 1.29 is 17.9 Å². The Labute approximate surface area is 208 Å². The molecule has 1 aliphatic rings. The first-order valence-corrected chi connectivity index (χ1v) is 10.7. The van der Waals surface area contributed by atoms with Gasteiger partial charge in [0.05, 0.1) is 6.04 Å². The molecule has 0 amide bonds. The summed E-state index contributed by atoms with van der Waals surface area (Å²) < 4.78 is 42.0. The van der Waals surface area contributed by atoms with Crippen LogP contribution in [0.3, 0.4) is 0 Å². The average molecular weight is 509 g/mol. The predicted octanol–water partition coefficient (Wildman–Crippen LogP) is 6.73. The Balaban J connectivity index is 0.00000162. The fourth-order valence-electron chi connectivity index (χ4n) is 4.69. The van der Waals surface area contributed by atoms with E-state index in [1.165, 1.54) is 22.9 Å². The van der Waals surface area contributed by atoms with Gasteiger partial charge in [0.25, 0.3) is 0 Å². The van der Waals surface area contributed by atoms with Crippen LogP contribution in [0.1, 0.15) is 17.2 Å². The minimum absolute atomic E-state index is 0. The topological polar surface area (TPSA) is 24.5 Å². The van der Waals surface area contributed by atoms with Gasteiger partial charge >= 0.3 is 6.36 Å². The molecule has 4 aromatic rings. The van der Waals surface area contributed by atoms with Crippen LogP contribution >= 0.6 is 24.8 Å². The Hall–Kier alpha value is -2.51. The number of ether oxygens (including phenoxy) is 1. The summed E-state index contributed by atoms with van der Waals surface area (Å²) in [4.78, 5) is 2.40. The zero-order valence-corrected chi connectivity index (χ0v) is 19.9. The number of fused-ring (bicyclic) bond motifs is 3. The third kappa shape index (κ3) is 5.41. The van der Waals surface area contributed by atoms with E-state index in [0.717, 1.165) is 48.1 Å². The van der Waals surface area contributed by atoms with Crippen molar-refractivity contribution in [3.8, 4) is 5.75 Å². The average Bonchev–Trinajstić information content (AvgIpc) is 2.80. The highest BCUT2D eigenvalue weighted by Crippen LogP contribution is 2.38. The van der Waals surface area contributed by atoms with Crippen LogP contribution in [0.15, 0.2) is 78.9 Å².